The molecule has 2 aromatic carbocycles. The van der Waals surface area contributed by atoms with E-state index in [2.05, 4.69) is 4.98 Å². The van der Waals surface area contributed by atoms with E-state index in [0.717, 1.165) is 16.5 Å². The number of hydrogen-bond acceptors (Lipinski definition) is 6. The third-order valence-corrected chi connectivity index (χ3v) is 5.72. The fourth-order valence-electron chi connectivity index (χ4n) is 4.10. The van der Waals surface area contributed by atoms with Crippen molar-refractivity contribution in [1.82, 2.24) is 9.88 Å². The van der Waals surface area contributed by atoms with Gasteiger partial charge in [-0.2, -0.15) is 0 Å². The van der Waals surface area contributed by atoms with E-state index < -0.39 is 17.7 Å². The number of likely N-dealkylation sites (tertiary alicyclic amines) is 1. The molecule has 1 N–H and O–H groups in total. The molecule has 4 rings (SSSR count). The highest BCUT2D eigenvalue weighted by atomic mass is 16.6. The van der Waals surface area contributed by atoms with E-state index in [9.17, 15) is 9.59 Å². The van der Waals surface area contributed by atoms with E-state index >= 15 is 0 Å². The number of carboxylic acids is 1. The number of aromatic carboxylic acids is 1. The summed E-state index contributed by atoms with van der Waals surface area (Å²) in [4.78, 5) is 29.9. The monoisotopic (exact) mass is 478 g/mol. The SMILES string of the molecule is Cc1cc(C(=O)O)cnc1OC[C@@H]1C[C@H](Oc2ccc3ccccc3c2)CN1C(=O)OC(C)(C)C. The van der Waals surface area contributed by atoms with E-state index in [-0.39, 0.29) is 24.3 Å². The number of carboxylic acid groups (broad SMARTS) is 1. The van der Waals surface area contributed by atoms with Gasteiger partial charge in [-0.1, -0.05) is 30.3 Å². The maximum absolute atomic E-state index is 13.0. The van der Waals surface area contributed by atoms with E-state index in [0.29, 0.717) is 24.4 Å². The van der Waals surface area contributed by atoms with E-state index in [1.807, 2.05) is 63.2 Å². The molecule has 0 aliphatic carbocycles. The molecule has 0 radical (unpaired) electrons. The van der Waals surface area contributed by atoms with Crippen molar-refractivity contribution in [2.75, 3.05) is 13.2 Å². The Morgan fingerprint density at radius 2 is 1.86 bits per heavy atom. The lowest BCUT2D eigenvalue weighted by atomic mass is 10.1. The number of carbonyl (C=O) groups is 2. The highest BCUT2D eigenvalue weighted by Crippen LogP contribution is 2.28. The van der Waals surface area contributed by atoms with E-state index in [1.165, 1.54) is 12.3 Å². The zero-order valence-corrected chi connectivity index (χ0v) is 20.4. The van der Waals surface area contributed by atoms with Crippen molar-refractivity contribution in [3.63, 3.8) is 0 Å². The molecule has 8 nitrogen and oxygen atoms in total. The molecule has 0 bridgehead atoms. The number of ether oxygens (including phenoxy) is 3. The lowest BCUT2D eigenvalue weighted by molar-refractivity contribution is 0.0174. The molecular formula is C27H30N2O6. The smallest absolute Gasteiger partial charge is 0.410 e. The molecule has 0 saturated carbocycles. The third kappa shape index (κ3) is 6.01. The first-order valence-electron chi connectivity index (χ1n) is 11.6. The number of amides is 1. The number of benzene rings is 2. The molecule has 8 heteroatoms. The van der Waals surface area contributed by atoms with Crippen LogP contribution in [0.25, 0.3) is 10.8 Å². The molecule has 1 saturated heterocycles. The van der Waals surface area contributed by atoms with Crippen molar-refractivity contribution in [3.05, 3.63) is 65.9 Å². The Labute approximate surface area is 204 Å². The average molecular weight is 479 g/mol. The van der Waals surface area contributed by atoms with Crippen molar-refractivity contribution in [2.45, 2.75) is 51.9 Å². The van der Waals surface area contributed by atoms with Crippen molar-refractivity contribution < 1.29 is 28.9 Å². The van der Waals surface area contributed by atoms with Gasteiger partial charge in [0, 0.05) is 18.2 Å². The van der Waals surface area contributed by atoms with Gasteiger partial charge in [-0.25, -0.2) is 14.6 Å². The Morgan fingerprint density at radius 1 is 1.11 bits per heavy atom. The Balaban J connectivity index is 1.49. The number of rotatable bonds is 6. The van der Waals surface area contributed by atoms with Crippen LogP contribution < -0.4 is 9.47 Å². The largest absolute Gasteiger partial charge is 0.488 e. The Bertz CT molecular complexity index is 1240. The van der Waals surface area contributed by atoms with Gasteiger partial charge < -0.3 is 19.3 Å². The van der Waals surface area contributed by atoms with Gasteiger partial charge in [-0.15, -0.1) is 0 Å². The van der Waals surface area contributed by atoms with Gasteiger partial charge in [0.05, 0.1) is 18.2 Å². The summed E-state index contributed by atoms with van der Waals surface area (Å²) in [5.41, 5.74) is 0.0653. The fraction of sp³-hybridized carbons (Fsp3) is 0.370. The summed E-state index contributed by atoms with van der Waals surface area (Å²) in [7, 11) is 0. The fourth-order valence-corrected chi connectivity index (χ4v) is 4.10. The minimum atomic E-state index is -1.05. The van der Waals surface area contributed by atoms with Crippen LogP contribution in [0.3, 0.4) is 0 Å². The summed E-state index contributed by atoms with van der Waals surface area (Å²) in [5, 5.41) is 11.4. The van der Waals surface area contributed by atoms with Crippen LogP contribution in [0.1, 0.15) is 43.1 Å². The summed E-state index contributed by atoms with van der Waals surface area (Å²) >= 11 is 0. The second-order valence-corrected chi connectivity index (χ2v) is 9.73. The predicted molar refractivity (Wildman–Crippen MR) is 131 cm³/mol. The molecule has 35 heavy (non-hydrogen) atoms. The number of aromatic nitrogens is 1. The zero-order chi connectivity index (χ0) is 25.2. The normalized spacial score (nSPS) is 17.9. The molecule has 2 atom stereocenters. The zero-order valence-electron chi connectivity index (χ0n) is 20.4. The van der Waals surface area contributed by atoms with Crippen LogP contribution in [-0.2, 0) is 4.74 Å². The molecule has 0 spiro atoms. The molecule has 2 heterocycles. The molecule has 1 aromatic heterocycles. The van der Waals surface area contributed by atoms with Gasteiger partial charge in [0.25, 0.3) is 0 Å². The Morgan fingerprint density at radius 3 is 2.54 bits per heavy atom. The van der Waals surface area contributed by atoms with Crippen LogP contribution in [-0.4, -0.2) is 58.0 Å². The van der Waals surface area contributed by atoms with Gasteiger partial charge in [0.15, 0.2) is 0 Å². The average Bonchev–Trinajstić information content (AvgIpc) is 3.19. The van der Waals surface area contributed by atoms with Gasteiger partial charge in [-0.05, 0) is 56.7 Å². The molecular weight excluding hydrogens is 448 g/mol. The van der Waals surface area contributed by atoms with E-state index in [4.69, 9.17) is 19.3 Å². The molecule has 3 aromatic rings. The number of aryl methyl sites for hydroxylation is 1. The van der Waals surface area contributed by atoms with Gasteiger partial charge in [-0.3, -0.25) is 4.90 Å². The first-order chi connectivity index (χ1) is 16.6. The number of nitrogens with zero attached hydrogens (tertiary/aromatic N) is 2. The second kappa shape index (κ2) is 9.82. The molecule has 184 valence electrons. The van der Waals surface area contributed by atoms with Crippen LogP contribution in [0.15, 0.2) is 54.7 Å². The quantitative estimate of drug-likeness (QED) is 0.528. The lowest BCUT2D eigenvalue weighted by Gasteiger charge is -2.28. The second-order valence-electron chi connectivity index (χ2n) is 9.73. The Hall–Kier alpha value is -3.81. The van der Waals surface area contributed by atoms with Crippen LogP contribution in [0, 0.1) is 6.92 Å². The minimum Gasteiger partial charge on any atom is -0.488 e. The number of pyridine rings is 1. The van der Waals surface area contributed by atoms with Crippen molar-refractivity contribution in [2.24, 2.45) is 0 Å². The van der Waals surface area contributed by atoms with Crippen molar-refractivity contribution in [3.8, 4) is 11.6 Å². The number of carbonyl (C=O) groups excluding carboxylic acids is 1. The van der Waals surface area contributed by atoms with Crippen LogP contribution in [0.5, 0.6) is 11.6 Å². The van der Waals surface area contributed by atoms with Crippen molar-refractivity contribution in [1.29, 1.82) is 0 Å². The topological polar surface area (TPSA) is 98.2 Å². The van der Waals surface area contributed by atoms with Crippen LogP contribution >= 0.6 is 0 Å². The van der Waals surface area contributed by atoms with Gasteiger partial charge >= 0.3 is 12.1 Å². The number of hydrogen-bond donors (Lipinski definition) is 1. The van der Waals surface area contributed by atoms with Crippen molar-refractivity contribution >= 4 is 22.8 Å². The standard InChI is InChI=1S/C27H30N2O6/c1-17-11-20(25(30)31)14-28-24(17)33-16-21-13-23(15-29(21)26(32)35-27(2,3)4)34-22-10-9-18-7-5-6-8-19(18)12-22/h5-12,14,21,23H,13,15-16H2,1-4H3,(H,30,31)/t21-,23-/m0/s1. The summed E-state index contributed by atoms with van der Waals surface area (Å²) in [6, 6.07) is 15.2. The summed E-state index contributed by atoms with van der Waals surface area (Å²) in [6.07, 6.45) is 1.15. The van der Waals surface area contributed by atoms with Gasteiger partial charge in [0.1, 0.15) is 24.1 Å². The van der Waals surface area contributed by atoms with E-state index in [1.54, 1.807) is 11.8 Å². The first-order valence-corrected chi connectivity index (χ1v) is 11.6. The highest BCUT2D eigenvalue weighted by Gasteiger charge is 2.39. The predicted octanol–water partition coefficient (Wildman–Crippen LogP) is 5.08. The molecule has 1 amide bonds. The molecule has 0 unspecified atom stereocenters. The minimum absolute atomic E-state index is 0.0925. The number of fused-ring (bicyclic) bond motifs is 1. The highest BCUT2D eigenvalue weighted by molar-refractivity contribution is 5.87. The van der Waals surface area contributed by atoms with Crippen LogP contribution in [0.2, 0.25) is 0 Å². The summed E-state index contributed by atoms with van der Waals surface area (Å²) in [5.74, 6) is 0.0203. The maximum Gasteiger partial charge on any atom is 0.410 e. The maximum atomic E-state index is 13.0. The molecule has 1 aliphatic heterocycles. The van der Waals surface area contributed by atoms with Gasteiger partial charge in [0.2, 0.25) is 5.88 Å². The Kier molecular flexibility index (Phi) is 6.82. The third-order valence-electron chi connectivity index (χ3n) is 5.72. The summed E-state index contributed by atoms with van der Waals surface area (Å²) < 4.78 is 17.8. The summed E-state index contributed by atoms with van der Waals surface area (Å²) in [6.45, 7) is 7.75. The molecule has 1 fully saturated rings. The lowest BCUT2D eigenvalue weighted by Crippen LogP contribution is -2.42. The van der Waals surface area contributed by atoms with Crippen LogP contribution in [0.4, 0.5) is 4.79 Å². The first kappa shape index (κ1) is 24.3. The molecule has 1 aliphatic rings.